The van der Waals surface area contributed by atoms with Crippen LogP contribution in [0.2, 0.25) is 0 Å². The van der Waals surface area contributed by atoms with Crippen molar-refractivity contribution in [3.8, 4) is 0 Å². The number of Topliss-reactive ketones (excluding diaryl/α,β-unsaturated/α-hetero) is 1. The van der Waals surface area contributed by atoms with Crippen LogP contribution in [0.5, 0.6) is 0 Å². The molecule has 55 heavy (non-hydrogen) atoms. The summed E-state index contributed by atoms with van der Waals surface area (Å²) in [6.45, 7) is 18.0. The zero-order chi connectivity index (χ0) is 42.0. The van der Waals surface area contributed by atoms with E-state index in [4.69, 9.17) is 33.2 Å². The molecule has 0 spiro atoms. The van der Waals surface area contributed by atoms with E-state index in [1.807, 2.05) is 25.9 Å². The fourth-order valence-electron chi connectivity index (χ4n) is 8.76. The lowest BCUT2D eigenvalue weighted by atomic mass is 9.74. The minimum Gasteiger partial charge on any atom is -0.459 e. The number of hydrogen-bond acceptors (Lipinski definition) is 15. The first-order chi connectivity index (χ1) is 25.4. The summed E-state index contributed by atoms with van der Waals surface area (Å²) in [7, 11) is 5.21. The van der Waals surface area contributed by atoms with Gasteiger partial charge in [0.05, 0.1) is 53.7 Å². The van der Waals surface area contributed by atoms with Crippen molar-refractivity contribution in [2.24, 2.45) is 23.7 Å². The van der Waals surface area contributed by atoms with Crippen molar-refractivity contribution >= 4 is 17.7 Å². The molecule has 3 aliphatic heterocycles. The standard InChI is InChI=1S/C40H71NO14/c1-15-27-40(11,48)33(44)22(5)30(43)20(3)18-38(9,47)35(55-37-32(53-28(42)16-2)26(41(12)13)17-21(4)50-37)23(6)31(24(7)36(46)52-27)54-29-19-39(10,49-14)34(45)25(8)51-29/h20-27,29,31-35,37,44-45,47-48H,15-19H2,1-14H3/t20-,21-,22+,23-,24-,25-,26+,27-,29-,31+,32-,33-,34-,35-,37+,38-,39+,40-/m1/s1. The number of ether oxygens (including phenoxy) is 7. The van der Waals surface area contributed by atoms with Crippen LogP contribution in [0.4, 0.5) is 0 Å². The van der Waals surface area contributed by atoms with Gasteiger partial charge >= 0.3 is 11.9 Å². The third kappa shape index (κ3) is 10.6. The maximum atomic E-state index is 14.2. The quantitative estimate of drug-likeness (QED) is 0.249. The maximum absolute atomic E-state index is 14.2. The second-order valence-electron chi connectivity index (χ2n) is 17.3. The van der Waals surface area contributed by atoms with Crippen molar-refractivity contribution in [1.29, 1.82) is 0 Å². The van der Waals surface area contributed by atoms with Crippen molar-refractivity contribution in [1.82, 2.24) is 4.90 Å². The summed E-state index contributed by atoms with van der Waals surface area (Å²) in [5, 5.41) is 46.6. The number of likely N-dealkylation sites (N-methyl/N-ethyl adjacent to an activating group) is 1. The van der Waals surface area contributed by atoms with Crippen molar-refractivity contribution in [2.45, 2.75) is 193 Å². The molecule has 15 nitrogen and oxygen atoms in total. The number of aliphatic hydroxyl groups excluding tert-OH is 2. The lowest BCUT2D eigenvalue weighted by molar-refractivity contribution is -0.319. The molecule has 3 saturated heterocycles. The van der Waals surface area contributed by atoms with Crippen LogP contribution in [-0.2, 0) is 47.5 Å². The van der Waals surface area contributed by atoms with E-state index in [0.29, 0.717) is 6.42 Å². The number of hydrogen-bond donors (Lipinski definition) is 4. The Morgan fingerprint density at radius 2 is 1.51 bits per heavy atom. The van der Waals surface area contributed by atoms with Gasteiger partial charge in [-0.25, -0.2) is 0 Å². The summed E-state index contributed by atoms with van der Waals surface area (Å²) in [5.41, 5.74) is -4.92. The van der Waals surface area contributed by atoms with E-state index in [1.165, 1.54) is 27.9 Å². The van der Waals surface area contributed by atoms with Gasteiger partial charge in [0.1, 0.15) is 23.6 Å². The van der Waals surface area contributed by atoms with E-state index < -0.39 is 114 Å². The van der Waals surface area contributed by atoms with E-state index in [2.05, 4.69) is 0 Å². The molecule has 15 heteroatoms. The Labute approximate surface area is 327 Å². The first-order valence-corrected chi connectivity index (χ1v) is 19.9. The van der Waals surface area contributed by atoms with Crippen LogP contribution in [0.25, 0.3) is 0 Å². The first kappa shape index (κ1) is 47.6. The number of cyclic esters (lactones) is 1. The monoisotopic (exact) mass is 789 g/mol. The number of esters is 2. The van der Waals surface area contributed by atoms with E-state index >= 15 is 0 Å². The van der Waals surface area contributed by atoms with Gasteiger partial charge in [-0.2, -0.15) is 0 Å². The molecule has 3 fully saturated rings. The van der Waals surface area contributed by atoms with Crippen molar-refractivity contribution in [2.75, 3.05) is 21.2 Å². The molecule has 320 valence electrons. The third-order valence-electron chi connectivity index (χ3n) is 12.4. The molecule has 18 atom stereocenters. The first-order valence-electron chi connectivity index (χ1n) is 19.9. The Balaban J connectivity index is 2.24. The molecule has 0 radical (unpaired) electrons. The predicted molar refractivity (Wildman–Crippen MR) is 200 cm³/mol. The molecule has 4 N–H and O–H groups in total. The van der Waals surface area contributed by atoms with Gasteiger partial charge < -0.3 is 58.5 Å². The Bertz CT molecular complexity index is 1290. The third-order valence-corrected chi connectivity index (χ3v) is 12.4. The lowest BCUT2D eigenvalue weighted by Crippen LogP contribution is -2.61. The number of carbonyl (C=O) groups is 3. The van der Waals surface area contributed by atoms with Crippen molar-refractivity contribution in [3.63, 3.8) is 0 Å². The van der Waals surface area contributed by atoms with Crippen LogP contribution in [0.1, 0.15) is 108 Å². The second kappa shape index (κ2) is 18.9. The van der Waals surface area contributed by atoms with E-state index in [-0.39, 0.29) is 37.8 Å². The summed E-state index contributed by atoms with van der Waals surface area (Å²) in [6, 6.07) is -0.319. The van der Waals surface area contributed by atoms with E-state index in [0.717, 1.165) is 0 Å². The maximum Gasteiger partial charge on any atom is 0.311 e. The number of carbonyl (C=O) groups excluding carboxylic acids is 3. The Morgan fingerprint density at radius 3 is 2.05 bits per heavy atom. The van der Waals surface area contributed by atoms with Gasteiger partial charge in [-0.15, -0.1) is 0 Å². The molecule has 0 aromatic rings. The molecule has 3 heterocycles. The molecule has 0 unspecified atom stereocenters. The zero-order valence-corrected chi connectivity index (χ0v) is 35.5. The van der Waals surface area contributed by atoms with Crippen LogP contribution in [-0.4, -0.2) is 149 Å². The molecule has 0 amide bonds. The Hall–Kier alpha value is -1.79. The smallest absolute Gasteiger partial charge is 0.311 e. The van der Waals surface area contributed by atoms with Crippen molar-refractivity contribution < 1.29 is 68.0 Å². The predicted octanol–water partition coefficient (Wildman–Crippen LogP) is 2.75. The fourth-order valence-corrected chi connectivity index (χ4v) is 8.76. The average Bonchev–Trinajstić information content (AvgIpc) is 3.11. The van der Waals surface area contributed by atoms with Gasteiger partial charge in [0.2, 0.25) is 0 Å². The SMILES string of the molecule is CCC(=O)O[C@H]1[C@H](O[C@@H]2[C@H](C)[C@H](O[C@@H]3C[C@](C)(OC)[C@H](O)[C@@H](C)O3)[C@@H](C)C(=O)O[C@H](CC)[C@@](C)(O)[C@H](O)[C@@H](C)C(=O)[C@H](C)C[C@@]2(C)O)O[C@H](C)C[C@@H]1N(C)C. The highest BCUT2D eigenvalue weighted by Crippen LogP contribution is 2.41. The van der Waals surface area contributed by atoms with Crippen LogP contribution in [0.3, 0.4) is 0 Å². The topological polar surface area (TPSA) is 200 Å². The number of aliphatic hydroxyl groups is 4. The van der Waals surface area contributed by atoms with Gasteiger partial charge in [0.15, 0.2) is 18.7 Å². The zero-order valence-electron chi connectivity index (χ0n) is 35.5. The lowest BCUT2D eigenvalue weighted by Gasteiger charge is -2.49. The van der Waals surface area contributed by atoms with Gasteiger partial charge in [-0.1, -0.05) is 34.6 Å². The van der Waals surface area contributed by atoms with Gasteiger partial charge in [-0.3, -0.25) is 14.4 Å². The molecule has 3 aliphatic rings. The number of rotatable bonds is 9. The second-order valence-corrected chi connectivity index (χ2v) is 17.3. The highest BCUT2D eigenvalue weighted by atomic mass is 16.7. The molecular formula is C40H71NO14. The van der Waals surface area contributed by atoms with Gasteiger partial charge in [0, 0.05) is 37.7 Å². The summed E-state index contributed by atoms with van der Waals surface area (Å²) in [4.78, 5) is 42.9. The van der Waals surface area contributed by atoms with Gasteiger partial charge in [0.25, 0.3) is 0 Å². The largest absolute Gasteiger partial charge is 0.459 e. The highest BCUT2D eigenvalue weighted by Gasteiger charge is 2.54. The summed E-state index contributed by atoms with van der Waals surface area (Å²) >= 11 is 0. The Morgan fingerprint density at radius 1 is 0.891 bits per heavy atom. The van der Waals surface area contributed by atoms with Crippen molar-refractivity contribution in [3.05, 3.63) is 0 Å². The van der Waals surface area contributed by atoms with E-state index in [9.17, 15) is 34.8 Å². The number of methoxy groups -OCH3 is 1. The number of ketones is 1. The minimum absolute atomic E-state index is 0.0760. The molecule has 0 bridgehead atoms. The molecule has 0 aliphatic carbocycles. The molecule has 0 aromatic carbocycles. The number of nitrogens with zero attached hydrogens (tertiary/aromatic N) is 1. The molecule has 0 saturated carbocycles. The summed E-state index contributed by atoms with van der Waals surface area (Å²) in [5.74, 6) is -5.59. The minimum atomic E-state index is -2.01. The normalized spacial score (nSPS) is 46.9. The highest BCUT2D eigenvalue weighted by molar-refractivity contribution is 5.83. The molecular weight excluding hydrogens is 718 g/mol. The van der Waals surface area contributed by atoms with Crippen LogP contribution in [0, 0.1) is 23.7 Å². The fraction of sp³-hybridized carbons (Fsp3) is 0.925. The summed E-state index contributed by atoms with van der Waals surface area (Å²) in [6.07, 6.45) is -9.68. The Kier molecular flexibility index (Phi) is 16.3. The van der Waals surface area contributed by atoms with E-state index in [1.54, 1.807) is 48.5 Å². The van der Waals surface area contributed by atoms with Gasteiger partial charge in [-0.05, 0) is 74.9 Å². The van der Waals surface area contributed by atoms with Crippen LogP contribution in [0.15, 0.2) is 0 Å². The summed E-state index contributed by atoms with van der Waals surface area (Å²) < 4.78 is 43.6. The van der Waals surface area contributed by atoms with Crippen LogP contribution >= 0.6 is 0 Å². The van der Waals surface area contributed by atoms with Crippen LogP contribution < -0.4 is 0 Å². The molecule has 3 rings (SSSR count). The molecule has 0 aromatic heterocycles. The average molecular weight is 790 g/mol.